The fraction of sp³-hybridized carbons (Fsp3) is 0.0833. The molecule has 1 aromatic carbocycles. The number of Topliss-reactive ketones (excluding diaryl/α,β-unsaturated/α-hetero) is 1. The molecule has 6 heteroatoms. The van der Waals surface area contributed by atoms with E-state index in [9.17, 15) is 13.6 Å². The van der Waals surface area contributed by atoms with Gasteiger partial charge in [-0.2, -0.15) is 0 Å². The van der Waals surface area contributed by atoms with Crippen molar-refractivity contribution in [2.75, 3.05) is 0 Å². The summed E-state index contributed by atoms with van der Waals surface area (Å²) in [6.45, 7) is 0. The average molecular weight is 336 g/mol. The van der Waals surface area contributed by atoms with Crippen LogP contribution in [-0.2, 0) is 6.42 Å². The summed E-state index contributed by atoms with van der Waals surface area (Å²) in [6.07, 6.45) is -0.430. The fourth-order valence-electron chi connectivity index (χ4n) is 1.44. The van der Waals surface area contributed by atoms with Gasteiger partial charge in [0.2, 0.25) is 5.78 Å². The molecule has 2 rings (SSSR count). The summed E-state index contributed by atoms with van der Waals surface area (Å²) in [4.78, 5) is 11.7. The second-order valence-electron chi connectivity index (χ2n) is 3.53. The molecular weight excluding hydrogens is 329 g/mol. The highest BCUT2D eigenvalue weighted by Crippen LogP contribution is 2.23. The van der Waals surface area contributed by atoms with Gasteiger partial charge in [0, 0.05) is 12.0 Å². The van der Waals surface area contributed by atoms with Gasteiger partial charge in [0.1, 0.15) is 11.6 Å². The third-order valence-corrected chi connectivity index (χ3v) is 3.14. The number of benzene rings is 1. The monoisotopic (exact) mass is 334 g/mol. The largest absolute Gasteiger partial charge is 0.442 e. The molecule has 18 heavy (non-hydrogen) atoms. The molecule has 0 N–H and O–H groups in total. The Bertz CT molecular complexity index is 610. The molecule has 0 fully saturated rings. The third kappa shape index (κ3) is 2.62. The van der Waals surface area contributed by atoms with Gasteiger partial charge in [-0.25, -0.2) is 8.78 Å². The van der Waals surface area contributed by atoms with Gasteiger partial charge in [0.25, 0.3) is 0 Å². The third-order valence-electron chi connectivity index (χ3n) is 2.32. The second-order valence-corrected chi connectivity index (χ2v) is 4.75. The molecule has 0 spiro atoms. The van der Waals surface area contributed by atoms with Gasteiger partial charge in [0.15, 0.2) is 11.0 Å². The summed E-state index contributed by atoms with van der Waals surface area (Å²) in [5.74, 6) is -2.14. The smallest absolute Gasteiger partial charge is 0.202 e. The lowest BCUT2D eigenvalue weighted by atomic mass is 10.1. The first kappa shape index (κ1) is 13.2. The first-order valence-corrected chi connectivity index (χ1v) is 6.07. The SMILES string of the molecule is O=C(Cc1c(F)ccc(Br)c1F)c1ccc(Cl)o1. The van der Waals surface area contributed by atoms with Gasteiger partial charge >= 0.3 is 0 Å². The molecule has 2 nitrogen and oxygen atoms in total. The lowest BCUT2D eigenvalue weighted by molar-refractivity contribution is 0.0964. The summed E-state index contributed by atoms with van der Waals surface area (Å²) in [5.41, 5.74) is -0.304. The number of furan rings is 1. The van der Waals surface area contributed by atoms with Crippen LogP contribution in [0.15, 0.2) is 33.2 Å². The second kappa shape index (κ2) is 5.20. The van der Waals surface area contributed by atoms with Crippen molar-refractivity contribution < 1.29 is 18.0 Å². The maximum atomic E-state index is 13.6. The van der Waals surface area contributed by atoms with E-state index in [1.807, 2.05) is 0 Å². The molecular formula is C12H6BrClF2O2. The zero-order chi connectivity index (χ0) is 13.3. The maximum Gasteiger partial charge on any atom is 0.202 e. The van der Waals surface area contributed by atoms with Crippen LogP contribution in [0.4, 0.5) is 8.78 Å². The predicted octanol–water partition coefficient (Wildman–Crippen LogP) is 4.40. The van der Waals surface area contributed by atoms with Gasteiger partial charge in [0.05, 0.1) is 4.47 Å². The van der Waals surface area contributed by atoms with E-state index in [1.165, 1.54) is 18.2 Å². The van der Waals surface area contributed by atoms with E-state index in [2.05, 4.69) is 15.9 Å². The molecule has 0 amide bonds. The summed E-state index contributed by atoms with van der Waals surface area (Å²) < 4.78 is 32.1. The molecule has 0 saturated carbocycles. The van der Waals surface area contributed by atoms with E-state index in [0.29, 0.717) is 0 Å². The number of rotatable bonds is 3. The molecule has 0 radical (unpaired) electrons. The Balaban J connectivity index is 2.30. The van der Waals surface area contributed by atoms with Crippen LogP contribution in [0, 0.1) is 11.6 Å². The minimum atomic E-state index is -0.791. The highest BCUT2D eigenvalue weighted by Gasteiger charge is 2.18. The Morgan fingerprint density at radius 2 is 2.00 bits per heavy atom. The number of hydrogen-bond acceptors (Lipinski definition) is 2. The van der Waals surface area contributed by atoms with E-state index < -0.39 is 23.8 Å². The van der Waals surface area contributed by atoms with Crippen LogP contribution in [0.25, 0.3) is 0 Å². The quantitative estimate of drug-likeness (QED) is 0.615. The van der Waals surface area contributed by atoms with Crippen molar-refractivity contribution in [1.82, 2.24) is 0 Å². The number of carbonyl (C=O) groups excluding carboxylic acids is 1. The van der Waals surface area contributed by atoms with Crippen LogP contribution < -0.4 is 0 Å². The minimum absolute atomic E-state index is 0.0289. The van der Waals surface area contributed by atoms with E-state index in [-0.39, 0.29) is 21.0 Å². The Morgan fingerprint density at radius 1 is 1.28 bits per heavy atom. The van der Waals surface area contributed by atoms with Crippen LogP contribution >= 0.6 is 27.5 Å². The molecule has 0 atom stereocenters. The van der Waals surface area contributed by atoms with Gasteiger partial charge in [-0.1, -0.05) is 0 Å². The van der Waals surface area contributed by atoms with Crippen molar-refractivity contribution in [3.8, 4) is 0 Å². The zero-order valence-electron chi connectivity index (χ0n) is 8.84. The van der Waals surface area contributed by atoms with Gasteiger partial charge in [-0.3, -0.25) is 4.79 Å². The highest BCUT2D eigenvalue weighted by atomic mass is 79.9. The molecule has 0 saturated heterocycles. The predicted molar refractivity (Wildman–Crippen MR) is 65.8 cm³/mol. The van der Waals surface area contributed by atoms with E-state index in [4.69, 9.17) is 16.0 Å². The van der Waals surface area contributed by atoms with Gasteiger partial charge in [-0.15, -0.1) is 0 Å². The van der Waals surface area contributed by atoms with Gasteiger partial charge < -0.3 is 4.42 Å². The first-order valence-electron chi connectivity index (χ1n) is 4.90. The molecule has 0 aliphatic rings. The number of carbonyl (C=O) groups is 1. The lowest BCUT2D eigenvalue weighted by Crippen LogP contribution is -2.06. The van der Waals surface area contributed by atoms with Crippen molar-refractivity contribution in [1.29, 1.82) is 0 Å². The summed E-state index contributed by atoms with van der Waals surface area (Å²) in [5, 5.41) is 0.0496. The number of ketones is 1. The standard InChI is InChI=1S/C12H6BrClF2O2/c13-7-1-2-8(15)6(12(7)16)5-9(17)10-3-4-11(14)18-10/h1-4H,5H2. The molecule has 0 aliphatic carbocycles. The average Bonchev–Trinajstić information content (AvgIpc) is 2.76. The highest BCUT2D eigenvalue weighted by molar-refractivity contribution is 9.10. The first-order chi connectivity index (χ1) is 8.49. The van der Waals surface area contributed by atoms with Crippen LogP contribution in [0.3, 0.4) is 0 Å². The summed E-state index contributed by atoms with van der Waals surface area (Å²) >= 11 is 8.45. The number of hydrogen-bond donors (Lipinski definition) is 0. The topological polar surface area (TPSA) is 30.2 Å². The lowest BCUT2D eigenvalue weighted by Gasteiger charge is -2.04. The normalized spacial score (nSPS) is 10.7. The van der Waals surface area contributed by atoms with Gasteiger partial charge in [-0.05, 0) is 51.8 Å². The molecule has 2 aromatic rings. The van der Waals surface area contributed by atoms with Crippen molar-refractivity contribution in [2.45, 2.75) is 6.42 Å². The van der Waals surface area contributed by atoms with E-state index in [0.717, 1.165) is 6.07 Å². The minimum Gasteiger partial charge on any atom is -0.442 e. The van der Waals surface area contributed by atoms with Crippen molar-refractivity contribution in [3.63, 3.8) is 0 Å². The van der Waals surface area contributed by atoms with E-state index in [1.54, 1.807) is 0 Å². The Kier molecular flexibility index (Phi) is 3.82. The molecule has 1 heterocycles. The van der Waals surface area contributed by atoms with Crippen LogP contribution in [0.1, 0.15) is 16.1 Å². The van der Waals surface area contributed by atoms with Crippen LogP contribution in [0.2, 0.25) is 5.22 Å². The molecule has 1 aromatic heterocycles. The number of halogens is 4. The summed E-state index contributed by atoms with van der Waals surface area (Å²) in [6, 6.07) is 5.08. The van der Waals surface area contributed by atoms with E-state index >= 15 is 0 Å². The van der Waals surface area contributed by atoms with Crippen LogP contribution in [-0.4, -0.2) is 5.78 Å². The molecule has 0 bridgehead atoms. The molecule has 0 unspecified atom stereocenters. The summed E-state index contributed by atoms with van der Waals surface area (Å²) in [7, 11) is 0. The zero-order valence-corrected chi connectivity index (χ0v) is 11.2. The fourth-order valence-corrected chi connectivity index (χ4v) is 1.96. The Labute approximate surface area is 115 Å². The maximum absolute atomic E-state index is 13.6. The molecule has 94 valence electrons. The van der Waals surface area contributed by atoms with Crippen LogP contribution in [0.5, 0.6) is 0 Å². The molecule has 0 aliphatic heterocycles. The Hall–Kier alpha value is -1.20. The van der Waals surface area contributed by atoms with Crippen molar-refractivity contribution in [2.24, 2.45) is 0 Å². The van der Waals surface area contributed by atoms with Crippen molar-refractivity contribution >= 4 is 33.3 Å². The Morgan fingerprint density at radius 3 is 2.61 bits per heavy atom. The van der Waals surface area contributed by atoms with Crippen molar-refractivity contribution in [3.05, 3.63) is 56.9 Å².